The summed E-state index contributed by atoms with van der Waals surface area (Å²) in [5, 5.41) is 20.2. The third-order valence-corrected chi connectivity index (χ3v) is 13.9. The smallest absolute Gasteiger partial charge is 0.341 e. The van der Waals surface area contributed by atoms with Gasteiger partial charge in [0.25, 0.3) is 5.91 Å². The molecule has 9 nitrogen and oxygen atoms in total. The van der Waals surface area contributed by atoms with E-state index in [-0.39, 0.29) is 28.2 Å². The standard InChI is InChI=1S/C37H39F4N5O4/c1-35-12-13-37(16-17(35)3-5-21-22-7-8-25(47)36(22,2)11-9-23(21)35)27-20(10-14-43-37)19-6-4-18(15-24(19)50-34(27)49)44-33(48)26-28(38)30(40)32(45-46-42)31(41)29(26)39/h4,6,15,17,21-23,25,43,47H,3,5,7-14,16H2,1-2H3,(H,44,48)/t17-,21-,22-,23-,25-,35-,36-,37+/m0/s1. The van der Waals surface area contributed by atoms with Gasteiger partial charge in [0.2, 0.25) is 0 Å². The summed E-state index contributed by atoms with van der Waals surface area (Å²) in [7, 11) is 0. The number of halogens is 4. The van der Waals surface area contributed by atoms with E-state index in [2.05, 4.69) is 34.5 Å². The summed E-state index contributed by atoms with van der Waals surface area (Å²) in [6.07, 6.45) is 9.42. The van der Waals surface area contributed by atoms with E-state index in [1.807, 2.05) is 0 Å². The molecule has 13 heteroatoms. The minimum atomic E-state index is -2.01. The van der Waals surface area contributed by atoms with Gasteiger partial charge in [-0.25, -0.2) is 22.4 Å². The van der Waals surface area contributed by atoms with Gasteiger partial charge in [0.1, 0.15) is 16.8 Å². The van der Waals surface area contributed by atoms with Crippen molar-refractivity contribution >= 4 is 28.3 Å². The first-order valence-electron chi connectivity index (χ1n) is 17.6. The lowest BCUT2D eigenvalue weighted by Gasteiger charge is -2.62. The summed E-state index contributed by atoms with van der Waals surface area (Å²) in [5.74, 6) is -7.30. The highest BCUT2D eigenvalue weighted by molar-refractivity contribution is 6.05. The molecular formula is C37H39F4N5O4. The molecule has 0 radical (unpaired) electrons. The molecule has 1 aromatic heterocycles. The van der Waals surface area contributed by atoms with Gasteiger partial charge in [0, 0.05) is 28.6 Å². The largest absolute Gasteiger partial charge is 0.422 e. The fraction of sp³-hybridized carbons (Fsp3) is 0.568. The summed E-state index contributed by atoms with van der Waals surface area (Å²) in [6.45, 7) is 5.43. The highest BCUT2D eigenvalue weighted by Gasteiger charge is 2.62. The van der Waals surface area contributed by atoms with Crippen molar-refractivity contribution in [3.05, 3.63) is 79.0 Å². The number of nitrogens with zero attached hydrogens (tertiary/aromatic N) is 3. The zero-order chi connectivity index (χ0) is 35.3. The first-order valence-corrected chi connectivity index (χ1v) is 17.6. The van der Waals surface area contributed by atoms with Gasteiger partial charge in [-0.15, -0.1) is 0 Å². The van der Waals surface area contributed by atoms with Crippen molar-refractivity contribution in [2.75, 3.05) is 11.9 Å². The van der Waals surface area contributed by atoms with E-state index >= 15 is 0 Å². The molecule has 5 aliphatic rings. The van der Waals surface area contributed by atoms with Crippen LogP contribution in [0.2, 0.25) is 0 Å². The number of rotatable bonds is 3. The van der Waals surface area contributed by atoms with Gasteiger partial charge in [-0.05, 0) is 122 Å². The quantitative estimate of drug-likeness (QED) is 0.0633. The van der Waals surface area contributed by atoms with E-state index in [1.165, 1.54) is 12.1 Å². The van der Waals surface area contributed by atoms with Crippen LogP contribution < -0.4 is 16.3 Å². The zero-order valence-corrected chi connectivity index (χ0v) is 27.9. The SMILES string of the molecule is C[C@]12CC[C@]3(C[C@@H]1CC[C@@H]1[C@@H]2CC[C@]2(C)[C@@H](O)CC[C@@H]12)NCCc1c3c(=O)oc2cc(NC(=O)c3c(F)c(F)c(N=[N+]=[N-])c(F)c3F)ccc12. The molecule has 0 saturated heterocycles. The summed E-state index contributed by atoms with van der Waals surface area (Å²) < 4.78 is 63.8. The van der Waals surface area contributed by atoms with E-state index in [0.29, 0.717) is 47.6 Å². The molecule has 1 aliphatic heterocycles. The van der Waals surface area contributed by atoms with Crippen LogP contribution in [0, 0.1) is 57.8 Å². The number of benzene rings is 2. The Balaban J connectivity index is 1.08. The first kappa shape index (κ1) is 33.2. The van der Waals surface area contributed by atoms with Gasteiger partial charge >= 0.3 is 5.63 Å². The van der Waals surface area contributed by atoms with Crippen molar-refractivity contribution in [1.82, 2.24) is 5.32 Å². The predicted octanol–water partition coefficient (Wildman–Crippen LogP) is 8.29. The topological polar surface area (TPSA) is 140 Å². The fourth-order valence-corrected chi connectivity index (χ4v) is 11.4. The Morgan fingerprint density at radius 2 is 1.74 bits per heavy atom. The van der Waals surface area contributed by atoms with Gasteiger partial charge in [0.05, 0.1) is 17.2 Å². The number of carbonyl (C=O) groups is 1. The van der Waals surface area contributed by atoms with Crippen LogP contribution in [-0.4, -0.2) is 23.7 Å². The molecule has 4 aliphatic carbocycles. The van der Waals surface area contributed by atoms with Gasteiger partial charge in [-0.2, -0.15) is 0 Å². The van der Waals surface area contributed by atoms with Crippen molar-refractivity contribution in [2.45, 2.75) is 89.7 Å². The maximum atomic E-state index is 14.6. The molecular weight excluding hydrogens is 654 g/mol. The molecule has 1 amide bonds. The van der Waals surface area contributed by atoms with Crippen LogP contribution in [-0.2, 0) is 12.0 Å². The number of aliphatic hydroxyl groups is 1. The lowest BCUT2D eigenvalue weighted by Crippen LogP contribution is -2.60. The third-order valence-electron chi connectivity index (χ3n) is 13.9. The van der Waals surface area contributed by atoms with Crippen LogP contribution in [0.5, 0.6) is 0 Å². The van der Waals surface area contributed by atoms with Crippen LogP contribution in [0.1, 0.15) is 93.1 Å². The van der Waals surface area contributed by atoms with E-state index in [0.717, 1.165) is 63.4 Å². The molecule has 1 spiro atoms. The second-order valence-electron chi connectivity index (χ2n) is 15.8. The Labute approximate surface area is 285 Å². The molecule has 8 rings (SSSR count). The average Bonchev–Trinajstić information content (AvgIpc) is 3.40. The van der Waals surface area contributed by atoms with Gasteiger partial charge in [-0.1, -0.05) is 19.0 Å². The minimum Gasteiger partial charge on any atom is -0.422 e. The summed E-state index contributed by atoms with van der Waals surface area (Å²) >= 11 is 0. The Morgan fingerprint density at radius 1 is 1.00 bits per heavy atom. The van der Waals surface area contributed by atoms with E-state index in [4.69, 9.17) is 9.95 Å². The number of hydrogen-bond donors (Lipinski definition) is 3. The number of fused-ring (bicyclic) bond motifs is 9. The highest BCUT2D eigenvalue weighted by atomic mass is 19.2. The third kappa shape index (κ3) is 4.62. The van der Waals surface area contributed by atoms with Crippen LogP contribution in [0.4, 0.5) is 28.9 Å². The number of anilines is 1. The molecule has 0 bridgehead atoms. The van der Waals surface area contributed by atoms with E-state index < -0.39 is 51.6 Å². The number of azide groups is 1. The lowest BCUT2D eigenvalue weighted by atomic mass is 9.43. The first-order chi connectivity index (χ1) is 23.8. The summed E-state index contributed by atoms with van der Waals surface area (Å²) in [6, 6.07) is 4.48. The number of hydrogen-bond acceptors (Lipinski definition) is 6. The maximum Gasteiger partial charge on any atom is 0.341 e. The second kappa shape index (κ2) is 11.5. The van der Waals surface area contributed by atoms with Gasteiger partial charge in [0.15, 0.2) is 23.3 Å². The predicted molar refractivity (Wildman–Crippen MR) is 177 cm³/mol. The number of carbonyl (C=O) groups excluding carboxylic acids is 1. The van der Waals surface area contributed by atoms with Crippen molar-refractivity contribution < 1.29 is 31.9 Å². The molecule has 4 saturated carbocycles. The van der Waals surface area contributed by atoms with Crippen molar-refractivity contribution in [3.63, 3.8) is 0 Å². The van der Waals surface area contributed by atoms with Crippen LogP contribution in [0.15, 0.2) is 32.5 Å². The molecule has 8 atom stereocenters. The Morgan fingerprint density at radius 3 is 2.48 bits per heavy atom. The highest BCUT2D eigenvalue weighted by Crippen LogP contribution is 2.67. The lowest BCUT2D eigenvalue weighted by molar-refractivity contribution is -0.132. The Hall–Kier alpha value is -3.93. The fourth-order valence-electron chi connectivity index (χ4n) is 11.4. The molecule has 2 aromatic carbocycles. The zero-order valence-electron chi connectivity index (χ0n) is 27.9. The van der Waals surface area contributed by atoms with Crippen molar-refractivity contribution in [2.24, 2.45) is 39.6 Å². The van der Waals surface area contributed by atoms with Gasteiger partial charge in [-0.3, -0.25) is 4.79 Å². The molecule has 0 unspecified atom stereocenters. The van der Waals surface area contributed by atoms with Crippen molar-refractivity contribution in [1.29, 1.82) is 0 Å². The second-order valence-corrected chi connectivity index (χ2v) is 15.8. The normalized spacial score (nSPS) is 34.3. The number of aliphatic hydroxyl groups excluding tert-OH is 1. The molecule has 4 fully saturated rings. The number of amides is 1. The van der Waals surface area contributed by atoms with Crippen LogP contribution >= 0.6 is 0 Å². The monoisotopic (exact) mass is 693 g/mol. The summed E-state index contributed by atoms with van der Waals surface area (Å²) in [5.41, 5.74) is 6.22. The molecule has 3 aromatic rings. The van der Waals surface area contributed by atoms with Gasteiger partial charge < -0.3 is 20.2 Å². The Bertz CT molecular complexity index is 2040. The number of nitrogens with one attached hydrogen (secondary N) is 2. The maximum absolute atomic E-state index is 14.6. The Kier molecular flexibility index (Phi) is 7.67. The molecule has 264 valence electrons. The molecule has 50 heavy (non-hydrogen) atoms. The van der Waals surface area contributed by atoms with Crippen molar-refractivity contribution in [3.8, 4) is 0 Å². The van der Waals surface area contributed by atoms with Crippen LogP contribution in [0.25, 0.3) is 21.4 Å². The minimum absolute atomic E-state index is 0.0171. The average molecular weight is 694 g/mol. The molecule has 3 N–H and O–H groups in total. The molecule has 2 heterocycles. The van der Waals surface area contributed by atoms with E-state index in [9.17, 15) is 32.3 Å². The van der Waals surface area contributed by atoms with Crippen LogP contribution in [0.3, 0.4) is 0 Å². The van der Waals surface area contributed by atoms with E-state index in [1.54, 1.807) is 6.07 Å². The summed E-state index contributed by atoms with van der Waals surface area (Å²) in [4.78, 5) is 28.9.